The molecule has 1 saturated heterocycles. The summed E-state index contributed by atoms with van der Waals surface area (Å²) < 4.78 is 21.5. The third kappa shape index (κ3) is 3.62. The van der Waals surface area contributed by atoms with Gasteiger partial charge in [-0.05, 0) is 24.2 Å². The summed E-state index contributed by atoms with van der Waals surface area (Å²) in [7, 11) is 3.28. The van der Waals surface area contributed by atoms with E-state index >= 15 is 0 Å². The average molecular weight is 281 g/mol. The Bertz CT molecular complexity index is 420. The highest BCUT2D eigenvalue weighted by Crippen LogP contribution is 2.30. The molecule has 1 atom stereocenters. The Morgan fingerprint density at radius 1 is 1.25 bits per heavy atom. The first-order valence-corrected chi connectivity index (χ1v) is 6.93. The molecule has 2 rings (SSSR count). The quantitative estimate of drug-likeness (QED) is 0.787. The Labute approximate surface area is 120 Å². The normalized spacial score (nSPS) is 16.6. The van der Waals surface area contributed by atoms with Crippen LogP contribution in [0.15, 0.2) is 18.2 Å². The summed E-state index contributed by atoms with van der Waals surface area (Å²) in [5.41, 5.74) is 1.13. The minimum absolute atomic E-state index is 0.139. The predicted molar refractivity (Wildman–Crippen MR) is 76.5 cm³/mol. The minimum atomic E-state index is 0.139. The molecule has 1 unspecified atom stereocenters. The molecule has 0 amide bonds. The molecule has 112 valence electrons. The number of rotatable bonds is 8. The van der Waals surface area contributed by atoms with E-state index in [9.17, 15) is 0 Å². The molecule has 1 N–H and O–H groups in total. The lowest BCUT2D eigenvalue weighted by Crippen LogP contribution is -2.38. The molecule has 0 spiro atoms. The summed E-state index contributed by atoms with van der Waals surface area (Å²) in [6.45, 7) is 4.98. The van der Waals surface area contributed by atoms with Crippen molar-refractivity contribution in [3.05, 3.63) is 23.8 Å². The second kappa shape index (κ2) is 7.47. The van der Waals surface area contributed by atoms with Crippen LogP contribution in [0.5, 0.6) is 11.5 Å². The van der Waals surface area contributed by atoms with Gasteiger partial charge < -0.3 is 24.3 Å². The van der Waals surface area contributed by atoms with Crippen LogP contribution < -0.4 is 14.8 Å². The van der Waals surface area contributed by atoms with Crippen molar-refractivity contribution in [2.24, 2.45) is 0 Å². The smallest absolute Gasteiger partial charge is 0.161 e. The van der Waals surface area contributed by atoms with E-state index in [0.29, 0.717) is 19.8 Å². The zero-order valence-corrected chi connectivity index (χ0v) is 12.3. The SMILES string of the molecule is CCNC(COC1COC1)c1ccc(OC)c(OC)c1. The number of nitrogens with one attached hydrogen (secondary N) is 1. The van der Waals surface area contributed by atoms with Crippen LogP contribution in [0, 0.1) is 0 Å². The van der Waals surface area contributed by atoms with E-state index in [-0.39, 0.29) is 12.1 Å². The highest BCUT2D eigenvalue weighted by atomic mass is 16.6. The maximum absolute atomic E-state index is 5.82. The van der Waals surface area contributed by atoms with Crippen LogP contribution in [0.2, 0.25) is 0 Å². The molecule has 1 heterocycles. The predicted octanol–water partition coefficient (Wildman–Crippen LogP) is 1.77. The van der Waals surface area contributed by atoms with Gasteiger partial charge in [-0.3, -0.25) is 0 Å². The van der Waals surface area contributed by atoms with Crippen LogP contribution in [-0.2, 0) is 9.47 Å². The Kier molecular flexibility index (Phi) is 5.64. The van der Waals surface area contributed by atoms with Gasteiger partial charge in [-0.25, -0.2) is 0 Å². The third-order valence-electron chi connectivity index (χ3n) is 3.37. The van der Waals surface area contributed by atoms with Gasteiger partial charge in [0.25, 0.3) is 0 Å². The first kappa shape index (κ1) is 15.1. The van der Waals surface area contributed by atoms with E-state index in [1.165, 1.54) is 0 Å². The molecule has 0 radical (unpaired) electrons. The number of benzene rings is 1. The van der Waals surface area contributed by atoms with Gasteiger partial charge in [0.15, 0.2) is 11.5 Å². The number of hydrogen-bond acceptors (Lipinski definition) is 5. The van der Waals surface area contributed by atoms with E-state index < -0.39 is 0 Å². The van der Waals surface area contributed by atoms with Gasteiger partial charge in [-0.1, -0.05) is 13.0 Å². The second-order valence-corrected chi connectivity index (χ2v) is 4.72. The van der Waals surface area contributed by atoms with E-state index in [1.807, 2.05) is 18.2 Å². The molecule has 0 aromatic heterocycles. The summed E-state index contributed by atoms with van der Waals surface area (Å²) in [6.07, 6.45) is 0.233. The van der Waals surface area contributed by atoms with E-state index in [0.717, 1.165) is 23.6 Å². The Hall–Kier alpha value is -1.30. The highest BCUT2D eigenvalue weighted by Gasteiger charge is 2.21. The summed E-state index contributed by atoms with van der Waals surface area (Å²) in [6, 6.07) is 6.09. The Morgan fingerprint density at radius 3 is 2.55 bits per heavy atom. The first-order valence-electron chi connectivity index (χ1n) is 6.93. The van der Waals surface area contributed by atoms with Gasteiger partial charge in [0, 0.05) is 0 Å². The molecular weight excluding hydrogens is 258 g/mol. The van der Waals surface area contributed by atoms with Crippen molar-refractivity contribution >= 4 is 0 Å². The van der Waals surface area contributed by atoms with Crippen LogP contribution in [0.25, 0.3) is 0 Å². The molecule has 1 aromatic carbocycles. The van der Waals surface area contributed by atoms with Gasteiger partial charge in [0.2, 0.25) is 0 Å². The average Bonchev–Trinajstić information content (AvgIpc) is 2.44. The molecule has 20 heavy (non-hydrogen) atoms. The van der Waals surface area contributed by atoms with Gasteiger partial charge >= 0.3 is 0 Å². The van der Waals surface area contributed by atoms with Crippen molar-refractivity contribution in [2.45, 2.75) is 19.1 Å². The summed E-state index contributed by atoms with van der Waals surface area (Å²) in [4.78, 5) is 0. The number of likely N-dealkylation sites (N-methyl/N-ethyl adjacent to an activating group) is 1. The van der Waals surface area contributed by atoms with Crippen LogP contribution in [-0.4, -0.2) is 46.7 Å². The Morgan fingerprint density at radius 2 is 2.00 bits per heavy atom. The molecule has 1 aliphatic heterocycles. The van der Waals surface area contributed by atoms with Crippen LogP contribution >= 0.6 is 0 Å². The van der Waals surface area contributed by atoms with Crippen molar-refractivity contribution in [3.63, 3.8) is 0 Å². The van der Waals surface area contributed by atoms with Crippen LogP contribution in [0.4, 0.5) is 0 Å². The largest absolute Gasteiger partial charge is 0.493 e. The summed E-state index contributed by atoms with van der Waals surface area (Å²) in [5.74, 6) is 1.47. The zero-order valence-electron chi connectivity index (χ0n) is 12.3. The van der Waals surface area contributed by atoms with E-state index in [2.05, 4.69) is 12.2 Å². The standard InChI is InChI=1S/C15H23NO4/c1-4-16-13(10-20-12-8-19-9-12)11-5-6-14(17-2)15(7-11)18-3/h5-7,12-13,16H,4,8-10H2,1-3H3. The maximum atomic E-state index is 5.82. The van der Waals surface area contributed by atoms with Crippen molar-refractivity contribution in [1.82, 2.24) is 5.32 Å². The lowest BCUT2D eigenvalue weighted by molar-refractivity contribution is -0.133. The molecule has 1 aliphatic rings. The monoisotopic (exact) mass is 281 g/mol. The second-order valence-electron chi connectivity index (χ2n) is 4.72. The Balaban J connectivity index is 2.06. The van der Waals surface area contributed by atoms with Crippen LogP contribution in [0.3, 0.4) is 0 Å². The molecule has 0 aliphatic carbocycles. The van der Waals surface area contributed by atoms with Gasteiger partial charge in [-0.2, -0.15) is 0 Å². The fourth-order valence-electron chi connectivity index (χ4n) is 2.13. The molecule has 5 heteroatoms. The molecular formula is C15H23NO4. The molecule has 5 nitrogen and oxygen atoms in total. The lowest BCUT2D eigenvalue weighted by atomic mass is 10.1. The first-order chi connectivity index (χ1) is 9.78. The summed E-state index contributed by atoms with van der Waals surface area (Å²) in [5, 5.41) is 3.43. The fraction of sp³-hybridized carbons (Fsp3) is 0.600. The molecule has 0 saturated carbocycles. The number of hydrogen-bond donors (Lipinski definition) is 1. The highest BCUT2D eigenvalue weighted by molar-refractivity contribution is 5.43. The van der Waals surface area contributed by atoms with Crippen molar-refractivity contribution in [3.8, 4) is 11.5 Å². The molecule has 1 aromatic rings. The van der Waals surface area contributed by atoms with Gasteiger partial charge in [0.1, 0.15) is 6.10 Å². The summed E-state index contributed by atoms with van der Waals surface area (Å²) >= 11 is 0. The maximum Gasteiger partial charge on any atom is 0.161 e. The van der Waals surface area contributed by atoms with Crippen molar-refractivity contribution < 1.29 is 18.9 Å². The lowest BCUT2D eigenvalue weighted by Gasteiger charge is -2.28. The van der Waals surface area contributed by atoms with E-state index in [1.54, 1.807) is 14.2 Å². The third-order valence-corrected chi connectivity index (χ3v) is 3.37. The van der Waals surface area contributed by atoms with Crippen molar-refractivity contribution in [1.29, 1.82) is 0 Å². The topological polar surface area (TPSA) is 49.0 Å². The van der Waals surface area contributed by atoms with Gasteiger partial charge in [0.05, 0.1) is 40.1 Å². The van der Waals surface area contributed by atoms with E-state index in [4.69, 9.17) is 18.9 Å². The molecule has 0 bridgehead atoms. The molecule has 1 fully saturated rings. The zero-order chi connectivity index (χ0) is 14.4. The number of methoxy groups -OCH3 is 2. The van der Waals surface area contributed by atoms with Crippen molar-refractivity contribution in [2.75, 3.05) is 40.6 Å². The van der Waals surface area contributed by atoms with Gasteiger partial charge in [-0.15, -0.1) is 0 Å². The van der Waals surface area contributed by atoms with Crippen LogP contribution in [0.1, 0.15) is 18.5 Å². The number of ether oxygens (including phenoxy) is 4. The minimum Gasteiger partial charge on any atom is -0.493 e. The fourth-order valence-corrected chi connectivity index (χ4v) is 2.13.